The van der Waals surface area contributed by atoms with Gasteiger partial charge in [0.1, 0.15) is 0 Å². The van der Waals surface area contributed by atoms with E-state index in [1.165, 1.54) is 11.1 Å². The second-order valence-corrected chi connectivity index (χ2v) is 4.85. The van der Waals surface area contributed by atoms with Crippen LogP contribution in [0.2, 0.25) is 0 Å². The van der Waals surface area contributed by atoms with Crippen LogP contribution < -0.4 is 0 Å². The van der Waals surface area contributed by atoms with E-state index in [1.54, 1.807) is 0 Å². The van der Waals surface area contributed by atoms with Gasteiger partial charge in [0.15, 0.2) is 0 Å². The fourth-order valence-electron chi connectivity index (χ4n) is 1.87. The second kappa shape index (κ2) is 5.32. The molecule has 0 N–H and O–H groups in total. The Kier molecular flexibility index (Phi) is 4.34. The molecule has 0 amide bonds. The zero-order valence-electron chi connectivity index (χ0n) is 10.6. The van der Waals surface area contributed by atoms with Crippen molar-refractivity contribution in [2.45, 2.75) is 53.2 Å². The van der Waals surface area contributed by atoms with Crippen LogP contribution in [-0.2, 0) is 6.54 Å². The van der Waals surface area contributed by atoms with Gasteiger partial charge in [0.05, 0.1) is 0 Å². The van der Waals surface area contributed by atoms with Crippen LogP contribution in [0.15, 0.2) is 24.3 Å². The van der Waals surface area contributed by atoms with Gasteiger partial charge in [-0.15, -0.1) is 0 Å². The van der Waals surface area contributed by atoms with Crippen molar-refractivity contribution >= 4 is 0 Å². The van der Waals surface area contributed by atoms with Gasteiger partial charge in [-0.2, -0.15) is 0 Å². The molecule has 0 aliphatic rings. The average molecular weight is 205 g/mol. The largest absolute Gasteiger partial charge is 0.294 e. The van der Waals surface area contributed by atoms with Crippen molar-refractivity contribution < 1.29 is 0 Å². The Morgan fingerprint density at radius 1 is 0.933 bits per heavy atom. The number of hydrogen-bond acceptors (Lipinski definition) is 1. The molecule has 84 valence electrons. The molecule has 1 rings (SSSR count). The maximum absolute atomic E-state index is 2.50. The first-order valence-corrected chi connectivity index (χ1v) is 5.82. The molecule has 1 aromatic carbocycles. The fourth-order valence-corrected chi connectivity index (χ4v) is 1.87. The van der Waals surface area contributed by atoms with E-state index in [-0.39, 0.29) is 0 Å². The van der Waals surface area contributed by atoms with Crippen molar-refractivity contribution in [1.29, 1.82) is 0 Å². The number of aryl methyl sites for hydroxylation is 1. The Labute approximate surface area is 94.1 Å². The predicted molar refractivity (Wildman–Crippen MR) is 67.0 cm³/mol. The summed E-state index contributed by atoms with van der Waals surface area (Å²) in [6.07, 6.45) is 0. The Morgan fingerprint density at radius 2 is 1.40 bits per heavy atom. The van der Waals surface area contributed by atoms with Gasteiger partial charge in [-0.25, -0.2) is 0 Å². The third-order valence-electron chi connectivity index (χ3n) is 2.81. The third kappa shape index (κ3) is 3.67. The van der Waals surface area contributed by atoms with Gasteiger partial charge < -0.3 is 0 Å². The lowest BCUT2D eigenvalue weighted by atomic mass is 10.1. The molecule has 1 heteroatoms. The summed E-state index contributed by atoms with van der Waals surface area (Å²) in [5.74, 6) is 0. The Hall–Kier alpha value is -0.820. The van der Waals surface area contributed by atoms with Crippen LogP contribution in [-0.4, -0.2) is 17.0 Å². The fraction of sp³-hybridized carbons (Fsp3) is 0.571. The average Bonchev–Trinajstić information content (AvgIpc) is 2.15. The smallest absolute Gasteiger partial charge is 0.0239 e. The number of nitrogens with zero attached hydrogens (tertiary/aromatic N) is 1. The first kappa shape index (κ1) is 12.3. The van der Waals surface area contributed by atoms with Crippen LogP contribution in [0.5, 0.6) is 0 Å². The molecule has 15 heavy (non-hydrogen) atoms. The highest BCUT2D eigenvalue weighted by Gasteiger charge is 2.13. The summed E-state index contributed by atoms with van der Waals surface area (Å²) in [5.41, 5.74) is 2.74. The molecule has 0 heterocycles. The molecular weight excluding hydrogens is 182 g/mol. The highest BCUT2D eigenvalue weighted by atomic mass is 15.2. The van der Waals surface area contributed by atoms with Gasteiger partial charge in [0.25, 0.3) is 0 Å². The number of benzene rings is 1. The molecule has 0 aromatic heterocycles. The zero-order valence-corrected chi connectivity index (χ0v) is 10.6. The van der Waals surface area contributed by atoms with Gasteiger partial charge in [-0.3, -0.25) is 4.90 Å². The van der Waals surface area contributed by atoms with Crippen molar-refractivity contribution in [3.05, 3.63) is 35.4 Å². The van der Waals surface area contributed by atoms with Crippen LogP contribution in [0.1, 0.15) is 38.8 Å². The molecule has 0 atom stereocenters. The minimum atomic E-state index is 0.603. The van der Waals surface area contributed by atoms with E-state index < -0.39 is 0 Å². The molecule has 0 unspecified atom stereocenters. The molecular formula is C14H23N. The van der Waals surface area contributed by atoms with E-state index in [0.717, 1.165) is 6.54 Å². The first-order chi connectivity index (χ1) is 7.00. The van der Waals surface area contributed by atoms with Crippen LogP contribution in [0.3, 0.4) is 0 Å². The van der Waals surface area contributed by atoms with Crippen molar-refractivity contribution in [3.8, 4) is 0 Å². The summed E-state index contributed by atoms with van der Waals surface area (Å²) in [5, 5.41) is 0. The van der Waals surface area contributed by atoms with Crippen molar-refractivity contribution in [3.63, 3.8) is 0 Å². The summed E-state index contributed by atoms with van der Waals surface area (Å²) in [4.78, 5) is 2.50. The monoisotopic (exact) mass is 205 g/mol. The van der Waals surface area contributed by atoms with Crippen LogP contribution in [0, 0.1) is 6.92 Å². The lowest BCUT2D eigenvalue weighted by molar-refractivity contribution is 0.166. The summed E-state index contributed by atoms with van der Waals surface area (Å²) < 4.78 is 0. The summed E-state index contributed by atoms with van der Waals surface area (Å²) >= 11 is 0. The second-order valence-electron chi connectivity index (χ2n) is 4.85. The molecule has 0 saturated heterocycles. The standard InChI is InChI=1S/C14H23N/c1-11(2)15(12(3)4)10-14-8-6-13(5)7-9-14/h6-9,11-12H,10H2,1-5H3. The van der Waals surface area contributed by atoms with E-state index in [1.807, 2.05) is 0 Å². The SMILES string of the molecule is Cc1ccc(CN(C(C)C)C(C)C)cc1. The Balaban J connectivity index is 2.70. The highest BCUT2D eigenvalue weighted by molar-refractivity contribution is 5.21. The van der Waals surface area contributed by atoms with Crippen LogP contribution in [0.25, 0.3) is 0 Å². The minimum absolute atomic E-state index is 0.603. The van der Waals surface area contributed by atoms with Crippen molar-refractivity contribution in [1.82, 2.24) is 4.90 Å². The lowest BCUT2D eigenvalue weighted by Crippen LogP contribution is -2.36. The predicted octanol–water partition coefficient (Wildman–Crippen LogP) is 3.61. The Bertz CT molecular complexity index is 277. The van der Waals surface area contributed by atoms with E-state index in [2.05, 4.69) is 63.8 Å². The molecule has 0 radical (unpaired) electrons. The molecule has 1 aromatic rings. The van der Waals surface area contributed by atoms with Gasteiger partial charge in [-0.05, 0) is 40.2 Å². The molecule has 1 nitrogen and oxygen atoms in total. The van der Waals surface area contributed by atoms with E-state index in [9.17, 15) is 0 Å². The molecule has 0 aliphatic carbocycles. The van der Waals surface area contributed by atoms with Gasteiger partial charge in [-0.1, -0.05) is 29.8 Å². The first-order valence-electron chi connectivity index (χ1n) is 5.82. The summed E-state index contributed by atoms with van der Waals surface area (Å²) in [6, 6.07) is 10.0. The summed E-state index contributed by atoms with van der Waals surface area (Å²) in [6.45, 7) is 12.2. The summed E-state index contributed by atoms with van der Waals surface area (Å²) in [7, 11) is 0. The molecule has 0 fully saturated rings. The number of rotatable bonds is 4. The highest BCUT2D eigenvalue weighted by Crippen LogP contribution is 2.12. The zero-order chi connectivity index (χ0) is 11.4. The molecule has 0 aliphatic heterocycles. The molecule has 0 saturated carbocycles. The van der Waals surface area contributed by atoms with Gasteiger partial charge >= 0.3 is 0 Å². The van der Waals surface area contributed by atoms with E-state index in [4.69, 9.17) is 0 Å². The third-order valence-corrected chi connectivity index (χ3v) is 2.81. The quantitative estimate of drug-likeness (QED) is 0.725. The lowest BCUT2D eigenvalue weighted by Gasteiger charge is -2.30. The maximum atomic E-state index is 2.50. The van der Waals surface area contributed by atoms with E-state index >= 15 is 0 Å². The topological polar surface area (TPSA) is 3.24 Å². The minimum Gasteiger partial charge on any atom is -0.294 e. The maximum Gasteiger partial charge on any atom is 0.0239 e. The van der Waals surface area contributed by atoms with E-state index in [0.29, 0.717) is 12.1 Å². The van der Waals surface area contributed by atoms with Crippen LogP contribution >= 0.6 is 0 Å². The van der Waals surface area contributed by atoms with Crippen molar-refractivity contribution in [2.75, 3.05) is 0 Å². The van der Waals surface area contributed by atoms with Gasteiger partial charge in [0, 0.05) is 18.6 Å². The number of hydrogen-bond donors (Lipinski definition) is 0. The van der Waals surface area contributed by atoms with Crippen molar-refractivity contribution in [2.24, 2.45) is 0 Å². The molecule has 0 bridgehead atoms. The van der Waals surface area contributed by atoms with Gasteiger partial charge in [0.2, 0.25) is 0 Å². The molecule has 0 spiro atoms. The normalized spacial score (nSPS) is 11.7. The van der Waals surface area contributed by atoms with Crippen LogP contribution in [0.4, 0.5) is 0 Å². The Morgan fingerprint density at radius 3 is 1.80 bits per heavy atom.